The van der Waals surface area contributed by atoms with Crippen LogP contribution in [-0.2, 0) is 26.4 Å². The van der Waals surface area contributed by atoms with Gasteiger partial charge in [0.25, 0.3) is 0 Å². The van der Waals surface area contributed by atoms with Crippen molar-refractivity contribution < 1.29 is 27.6 Å². The second kappa shape index (κ2) is 9.69. The summed E-state index contributed by atoms with van der Waals surface area (Å²) < 4.78 is 29.8. The van der Waals surface area contributed by atoms with Gasteiger partial charge in [-0.1, -0.05) is 0 Å². The topological polar surface area (TPSA) is 93.8 Å². The van der Waals surface area contributed by atoms with Crippen molar-refractivity contribution in [3.8, 4) is 11.3 Å². The molecule has 2 N–H and O–H groups in total. The second-order valence-electron chi connectivity index (χ2n) is 9.06. The van der Waals surface area contributed by atoms with Crippen LogP contribution in [0, 0.1) is 11.2 Å². The molecule has 33 heavy (non-hydrogen) atoms. The van der Waals surface area contributed by atoms with Gasteiger partial charge in [-0.25, -0.2) is 4.39 Å². The van der Waals surface area contributed by atoms with Crippen LogP contribution in [0.1, 0.15) is 31.4 Å². The molecule has 2 heterocycles. The molecule has 3 aromatic rings. The Balaban J connectivity index is 1.29. The molecule has 1 amide bonds. The second-order valence-corrected chi connectivity index (χ2v) is 11.4. The van der Waals surface area contributed by atoms with Gasteiger partial charge in [0, 0.05) is 0 Å². The van der Waals surface area contributed by atoms with Crippen molar-refractivity contribution in [2.24, 2.45) is 5.41 Å². The van der Waals surface area contributed by atoms with Crippen LogP contribution in [0.15, 0.2) is 59.3 Å². The van der Waals surface area contributed by atoms with E-state index >= 15 is 0 Å². The van der Waals surface area contributed by atoms with Gasteiger partial charge in [0.1, 0.15) is 5.82 Å². The number of benzene rings is 2. The van der Waals surface area contributed by atoms with Crippen LogP contribution in [0.2, 0.25) is 0 Å². The van der Waals surface area contributed by atoms with Gasteiger partial charge in [-0.2, -0.15) is 0 Å². The average Bonchev–Trinajstić information content (AvgIpc) is 3.25. The van der Waals surface area contributed by atoms with E-state index in [1.807, 2.05) is 26.0 Å². The van der Waals surface area contributed by atoms with E-state index in [0.717, 1.165) is 11.1 Å². The Morgan fingerprint density at radius 3 is 2.45 bits per heavy atom. The Kier molecular flexibility index (Phi) is 6.91. The number of carbonyl (C=O) groups is 1. The summed E-state index contributed by atoms with van der Waals surface area (Å²) in [5.41, 5.74) is 2.93. The van der Waals surface area contributed by atoms with Gasteiger partial charge < -0.3 is 0 Å². The number of anilines is 1. The van der Waals surface area contributed by atoms with Gasteiger partial charge in [-0.05, 0) is 24.3 Å². The minimum atomic E-state index is -3.22. The molecule has 1 aliphatic heterocycles. The number of rotatable bonds is 7. The molecule has 0 unspecified atom stereocenters. The average molecular weight is 474 g/mol. The van der Waals surface area contributed by atoms with Crippen LogP contribution in [0.4, 0.5) is 10.1 Å². The van der Waals surface area contributed by atoms with Gasteiger partial charge in [0.2, 0.25) is 0 Å². The molecule has 0 radical (unpaired) electrons. The summed E-state index contributed by atoms with van der Waals surface area (Å²) in [6.45, 7) is 5.01. The maximum atomic E-state index is 13.2. The molecule has 0 bridgehead atoms. The van der Waals surface area contributed by atoms with E-state index in [1.165, 1.54) is 12.1 Å². The van der Waals surface area contributed by atoms with Crippen molar-refractivity contribution in [1.29, 1.82) is 0 Å². The van der Waals surface area contributed by atoms with Crippen molar-refractivity contribution in [3.63, 3.8) is 0 Å². The molecule has 2 aromatic carbocycles. The Morgan fingerprint density at radius 1 is 1.12 bits per heavy atom. The molecule has 0 spiro atoms. The molecule has 0 aliphatic carbocycles. The molecule has 1 aliphatic rings. The van der Waals surface area contributed by atoms with Gasteiger partial charge in [0.15, 0.2) is 0 Å². The van der Waals surface area contributed by atoms with Gasteiger partial charge in [0.05, 0.1) is 0 Å². The van der Waals surface area contributed by atoms with Crippen LogP contribution >= 0.6 is 7.94 Å². The molecule has 1 fully saturated rings. The number of hydrogen-bond donors (Lipinski definition) is 2. The summed E-state index contributed by atoms with van der Waals surface area (Å²) in [5.74, 6) is 0.0532. The van der Waals surface area contributed by atoms with Crippen molar-refractivity contribution in [3.05, 3.63) is 71.7 Å². The number of aromatic nitrogens is 1. The van der Waals surface area contributed by atoms with Crippen molar-refractivity contribution in [2.75, 3.05) is 18.5 Å². The minimum absolute atomic E-state index is 0.0975. The van der Waals surface area contributed by atoms with E-state index < -0.39 is 7.94 Å². The summed E-state index contributed by atoms with van der Waals surface area (Å²) in [6, 6.07) is 13.2. The number of amides is 1. The molecule has 1 aromatic heterocycles. The molecule has 176 valence electrons. The Hall–Kier alpha value is -2.64. The first-order valence-electron chi connectivity index (χ1n) is 10.8. The van der Waals surface area contributed by atoms with Crippen LogP contribution < -0.4 is 5.32 Å². The molecular formula is C24H28FN2O5P. The molecule has 9 heteroatoms. The first-order chi connectivity index (χ1) is 15.7. The van der Waals surface area contributed by atoms with Crippen LogP contribution in [0.25, 0.3) is 11.3 Å². The summed E-state index contributed by atoms with van der Waals surface area (Å²) in [4.78, 5) is 23.1. The van der Waals surface area contributed by atoms with E-state index in [4.69, 9.17) is 13.6 Å². The molecule has 0 atom stereocenters. The van der Waals surface area contributed by atoms with Gasteiger partial charge in [-0.3, -0.25) is 0 Å². The van der Waals surface area contributed by atoms with E-state index in [-0.39, 0.29) is 23.6 Å². The molecule has 1 saturated heterocycles. The maximum absolute atomic E-state index is 13.2. The zero-order valence-electron chi connectivity index (χ0n) is 18.6. The van der Waals surface area contributed by atoms with E-state index in [9.17, 15) is 14.1 Å². The van der Waals surface area contributed by atoms with Crippen molar-refractivity contribution in [1.82, 2.24) is 5.16 Å². The Labute approximate surface area is 192 Å². The normalized spacial score (nSPS) is 17.9. The van der Waals surface area contributed by atoms with E-state index in [2.05, 4.69) is 10.5 Å². The van der Waals surface area contributed by atoms with Crippen LogP contribution in [0.3, 0.4) is 0 Å². The number of hydrogen-bond acceptors (Lipinski definition) is 6. The van der Waals surface area contributed by atoms with Crippen molar-refractivity contribution in [2.45, 2.75) is 32.9 Å². The van der Waals surface area contributed by atoms with E-state index in [0.29, 0.717) is 42.8 Å². The van der Waals surface area contributed by atoms with Gasteiger partial charge in [-0.15, -0.1) is 0 Å². The van der Waals surface area contributed by atoms with Crippen molar-refractivity contribution >= 4 is 19.5 Å². The Morgan fingerprint density at radius 2 is 1.79 bits per heavy atom. The number of aryl methyl sites for hydroxylation is 1. The number of nitrogens with one attached hydrogen (secondary N) is 1. The first-order valence-corrected chi connectivity index (χ1v) is 12.8. The standard InChI is InChI=1S/C24H28FN2O5P/c1-24(2)15-30-33(29,31-16-24)14-17-3-10-21(11-4-17)27-22(28)12-7-19-13-26-32-23(19)18-5-8-20(25)9-6-18/h3-6,8-11,13,29,33H,7,12,14-16H2,1-2H3,(H,27,28). The summed E-state index contributed by atoms with van der Waals surface area (Å²) in [6.07, 6.45) is 2.58. The van der Waals surface area contributed by atoms with E-state index in [1.54, 1.807) is 30.5 Å². The van der Waals surface area contributed by atoms with Gasteiger partial charge >= 0.3 is 158 Å². The fraction of sp³-hybridized carbons (Fsp3) is 0.333. The molecule has 4 rings (SSSR count). The summed E-state index contributed by atoms with van der Waals surface area (Å²) in [7, 11) is -3.22. The fourth-order valence-electron chi connectivity index (χ4n) is 3.51. The molecule has 7 nitrogen and oxygen atoms in total. The fourth-order valence-corrected chi connectivity index (χ4v) is 5.79. The third-order valence-electron chi connectivity index (χ3n) is 5.41. The predicted octanol–water partition coefficient (Wildman–Crippen LogP) is 5.11. The van der Waals surface area contributed by atoms with Crippen LogP contribution in [-0.4, -0.2) is 29.2 Å². The van der Waals surface area contributed by atoms with Crippen LogP contribution in [0.5, 0.6) is 0 Å². The predicted molar refractivity (Wildman–Crippen MR) is 125 cm³/mol. The molecular weight excluding hydrogens is 446 g/mol. The zero-order chi connectivity index (χ0) is 23.5. The third kappa shape index (κ3) is 6.24. The number of carbonyl (C=O) groups excluding carboxylic acids is 1. The summed E-state index contributed by atoms with van der Waals surface area (Å²) >= 11 is 0. The Bertz CT molecular complexity index is 1090. The monoisotopic (exact) mass is 474 g/mol. The number of nitrogens with zero attached hydrogens (tertiary/aromatic N) is 1. The molecule has 0 saturated carbocycles. The third-order valence-corrected chi connectivity index (χ3v) is 7.46. The first kappa shape index (κ1) is 23.5. The SMILES string of the molecule is CC1(C)CO[PH](O)(Cc2ccc(NC(=O)CCc3cnoc3-c3ccc(F)cc3)cc2)OC1. The zero-order valence-corrected chi connectivity index (χ0v) is 19.6. The summed E-state index contributed by atoms with van der Waals surface area (Å²) in [5, 5.41) is 6.68. The number of halogens is 1. The quantitative estimate of drug-likeness (QED) is 0.462.